The first-order valence-electron chi connectivity index (χ1n) is 4.36. The molecule has 1 saturated heterocycles. The topological polar surface area (TPSA) is 37.4 Å². The van der Waals surface area contributed by atoms with E-state index >= 15 is 0 Å². The molecule has 0 N–H and O–H groups in total. The van der Waals surface area contributed by atoms with E-state index in [4.69, 9.17) is 24.8 Å². The van der Waals surface area contributed by atoms with E-state index in [1.54, 1.807) is 0 Å². The van der Waals surface area contributed by atoms with Gasteiger partial charge in [-0.05, 0) is 17.2 Å². The zero-order valence-electron chi connectivity index (χ0n) is 8.30. The van der Waals surface area contributed by atoms with Crippen LogP contribution in [0.1, 0.15) is 12.8 Å². The molecule has 2 unspecified atom stereocenters. The molecule has 1 aliphatic heterocycles. The van der Waals surface area contributed by atoms with Gasteiger partial charge in [0, 0.05) is 0 Å². The minimum absolute atomic E-state index is 0. The predicted octanol–water partition coefficient (Wildman–Crippen LogP) is -2.23. The number of hydrogen-bond donors (Lipinski definition) is 0. The van der Waals surface area contributed by atoms with Crippen LogP contribution in [0, 0.1) is 11.8 Å². The first-order valence-corrected chi connectivity index (χ1v) is 5.18. The van der Waals surface area contributed by atoms with E-state index in [0.29, 0.717) is 12.8 Å². The van der Waals surface area contributed by atoms with Crippen LogP contribution >= 0.6 is 12.2 Å². The average molecular weight is 249 g/mol. The van der Waals surface area contributed by atoms with E-state index in [2.05, 4.69) is 0 Å². The Bertz CT molecular complexity index is 330. The van der Waals surface area contributed by atoms with Crippen molar-refractivity contribution in [2.75, 3.05) is 0 Å². The van der Waals surface area contributed by atoms with Gasteiger partial charge in [-0.3, -0.25) is 14.5 Å². The number of imide groups is 1. The maximum atomic E-state index is 11.7. The molecule has 2 rings (SSSR count). The summed E-state index contributed by atoms with van der Waals surface area (Å²) in [5, 5.41) is 0. The summed E-state index contributed by atoms with van der Waals surface area (Å²) in [7, 11) is 0. The van der Waals surface area contributed by atoms with Crippen molar-refractivity contribution in [2.24, 2.45) is 11.8 Å². The number of carbonyl (C=O) groups is 2. The van der Waals surface area contributed by atoms with E-state index in [1.807, 2.05) is 12.2 Å². The maximum absolute atomic E-state index is 11.7. The third kappa shape index (κ3) is 2.17. The summed E-state index contributed by atoms with van der Waals surface area (Å²) >= 11 is 9.42. The molecule has 0 saturated carbocycles. The molecule has 6 heteroatoms. The number of nitrogens with zero attached hydrogens (tertiary/aromatic N) is 1. The molecule has 74 valence electrons. The fraction of sp³-hybridized carbons (Fsp3) is 0.444. The summed E-state index contributed by atoms with van der Waals surface area (Å²) in [5.41, 5.74) is 0. The molecule has 0 aromatic carbocycles. The standard InChI is InChI=1S/C9H9NO2S2.Na/c11-7-5-3-1-2-4-6(5)8(12)10(7)9(13)14;/h1-2,5-6H,3-4H2,(H,13,14);/q;+1/p-1. The van der Waals surface area contributed by atoms with Crippen LogP contribution in [0.15, 0.2) is 12.2 Å². The van der Waals surface area contributed by atoms with Crippen LogP contribution < -0.4 is 29.6 Å². The van der Waals surface area contributed by atoms with Gasteiger partial charge in [-0.2, -0.15) is 0 Å². The number of fused-ring (bicyclic) bond motifs is 1. The van der Waals surface area contributed by atoms with Crippen molar-refractivity contribution in [1.29, 1.82) is 0 Å². The SMILES string of the molecule is O=C1C2CC=CCC2C(=O)N1C(=S)[S-].[Na+]. The van der Waals surface area contributed by atoms with Crippen molar-refractivity contribution in [3.63, 3.8) is 0 Å². The molecule has 0 spiro atoms. The Balaban J connectivity index is 0.00000112. The molecule has 0 bridgehead atoms. The monoisotopic (exact) mass is 249 g/mol. The van der Waals surface area contributed by atoms with Crippen LogP contribution in [0.3, 0.4) is 0 Å². The van der Waals surface area contributed by atoms with Gasteiger partial charge in [0.2, 0.25) is 11.8 Å². The Kier molecular flexibility index (Phi) is 4.43. The largest absolute Gasteiger partial charge is 1.00 e. The predicted molar refractivity (Wildman–Crippen MR) is 57.2 cm³/mol. The minimum Gasteiger partial charge on any atom is -0.410 e. The second kappa shape index (κ2) is 5.01. The summed E-state index contributed by atoms with van der Waals surface area (Å²) < 4.78 is -0.0469. The maximum Gasteiger partial charge on any atom is 1.00 e. The Morgan fingerprint density at radius 1 is 1.27 bits per heavy atom. The summed E-state index contributed by atoms with van der Waals surface area (Å²) in [6, 6.07) is 0. The van der Waals surface area contributed by atoms with Crippen molar-refractivity contribution < 1.29 is 39.1 Å². The van der Waals surface area contributed by atoms with Crippen molar-refractivity contribution in [3.8, 4) is 0 Å². The van der Waals surface area contributed by atoms with Gasteiger partial charge in [0.15, 0.2) is 0 Å². The Labute approximate surface area is 121 Å². The van der Waals surface area contributed by atoms with E-state index in [1.165, 1.54) is 0 Å². The van der Waals surface area contributed by atoms with E-state index in [0.717, 1.165) is 4.90 Å². The first kappa shape index (κ1) is 13.3. The van der Waals surface area contributed by atoms with Gasteiger partial charge in [0.05, 0.1) is 11.8 Å². The Morgan fingerprint density at radius 3 is 2.00 bits per heavy atom. The molecule has 1 aliphatic carbocycles. The number of likely N-dealkylation sites (tertiary alicyclic amines) is 1. The van der Waals surface area contributed by atoms with Crippen molar-refractivity contribution in [3.05, 3.63) is 12.2 Å². The molecule has 2 atom stereocenters. The smallest absolute Gasteiger partial charge is 0.410 e. The molecule has 1 heterocycles. The summed E-state index contributed by atoms with van der Waals surface area (Å²) in [6.07, 6.45) is 5.12. The summed E-state index contributed by atoms with van der Waals surface area (Å²) in [6.45, 7) is 0. The van der Waals surface area contributed by atoms with Gasteiger partial charge < -0.3 is 24.8 Å². The molecular weight excluding hydrogens is 241 g/mol. The van der Waals surface area contributed by atoms with Gasteiger partial charge in [0.1, 0.15) is 0 Å². The van der Waals surface area contributed by atoms with Gasteiger partial charge in [-0.25, -0.2) is 0 Å². The third-order valence-electron chi connectivity index (χ3n) is 2.69. The molecule has 15 heavy (non-hydrogen) atoms. The second-order valence-corrected chi connectivity index (χ2v) is 4.47. The number of amides is 2. The van der Waals surface area contributed by atoms with Crippen molar-refractivity contribution >= 4 is 41.0 Å². The average Bonchev–Trinajstić information content (AvgIpc) is 2.41. The van der Waals surface area contributed by atoms with Gasteiger partial charge in [0.25, 0.3) is 0 Å². The van der Waals surface area contributed by atoms with E-state index in [9.17, 15) is 9.59 Å². The molecule has 0 aromatic heterocycles. The normalized spacial score (nSPS) is 28.7. The fourth-order valence-corrected chi connectivity index (χ4v) is 2.34. The number of hydrogen-bond acceptors (Lipinski definition) is 4. The molecular formula is C9H8NNaO2S2. The van der Waals surface area contributed by atoms with E-state index in [-0.39, 0.29) is 57.5 Å². The quantitative estimate of drug-likeness (QED) is 0.160. The summed E-state index contributed by atoms with van der Waals surface area (Å²) in [4.78, 5) is 24.4. The summed E-state index contributed by atoms with van der Waals surface area (Å²) in [5.74, 6) is -0.893. The third-order valence-corrected chi connectivity index (χ3v) is 3.06. The molecule has 0 aromatic rings. The van der Waals surface area contributed by atoms with Gasteiger partial charge >= 0.3 is 29.6 Å². The number of carbonyl (C=O) groups excluding carboxylic acids is 2. The van der Waals surface area contributed by atoms with Gasteiger partial charge in [-0.1, -0.05) is 12.2 Å². The van der Waals surface area contributed by atoms with Crippen molar-refractivity contribution in [1.82, 2.24) is 4.90 Å². The Morgan fingerprint density at radius 2 is 1.67 bits per heavy atom. The number of allylic oxidation sites excluding steroid dienone is 2. The van der Waals surface area contributed by atoms with E-state index < -0.39 is 0 Å². The number of rotatable bonds is 0. The molecule has 1 fully saturated rings. The minimum atomic E-state index is -0.228. The molecule has 0 radical (unpaired) electrons. The fourth-order valence-electron chi connectivity index (χ4n) is 1.98. The second-order valence-electron chi connectivity index (χ2n) is 3.43. The molecule has 3 nitrogen and oxygen atoms in total. The van der Waals surface area contributed by atoms with Crippen LogP contribution in [0.2, 0.25) is 0 Å². The van der Waals surface area contributed by atoms with Crippen LogP contribution in [-0.2, 0) is 22.2 Å². The molecule has 2 aliphatic rings. The first-order chi connectivity index (χ1) is 6.63. The molecule has 2 amide bonds. The van der Waals surface area contributed by atoms with Crippen LogP contribution in [0.4, 0.5) is 0 Å². The number of thiocarbonyl (C=S) groups is 1. The van der Waals surface area contributed by atoms with Gasteiger partial charge in [-0.15, -0.1) is 0 Å². The van der Waals surface area contributed by atoms with Crippen LogP contribution in [0.5, 0.6) is 0 Å². The van der Waals surface area contributed by atoms with Crippen LogP contribution in [0.25, 0.3) is 0 Å². The zero-order chi connectivity index (χ0) is 10.3. The Hall–Kier alpha value is 0.190. The van der Waals surface area contributed by atoms with Crippen LogP contribution in [-0.4, -0.2) is 21.0 Å². The van der Waals surface area contributed by atoms with Crippen molar-refractivity contribution in [2.45, 2.75) is 12.8 Å². The zero-order valence-corrected chi connectivity index (χ0v) is 11.9.